The molecule has 1 aliphatic carbocycles. The molecule has 0 radical (unpaired) electrons. The van der Waals surface area contributed by atoms with Crippen molar-refractivity contribution in [2.45, 2.75) is 38.6 Å². The van der Waals surface area contributed by atoms with Crippen LogP contribution in [0.1, 0.15) is 42.5 Å². The molecular weight excluding hydrogens is 382 g/mol. The number of hydrogen-bond acceptors (Lipinski definition) is 4. The molecule has 0 aliphatic heterocycles. The van der Waals surface area contributed by atoms with Crippen molar-refractivity contribution in [2.75, 3.05) is 5.32 Å². The van der Waals surface area contributed by atoms with E-state index in [-0.39, 0.29) is 24.3 Å². The van der Waals surface area contributed by atoms with E-state index in [0.717, 1.165) is 29.7 Å². The van der Waals surface area contributed by atoms with Gasteiger partial charge in [-0.1, -0.05) is 42.5 Å². The van der Waals surface area contributed by atoms with Crippen molar-refractivity contribution in [2.24, 2.45) is 0 Å². The number of rotatable bonds is 6. The van der Waals surface area contributed by atoms with Crippen molar-refractivity contribution in [1.29, 1.82) is 0 Å². The minimum absolute atomic E-state index is 0.150. The summed E-state index contributed by atoms with van der Waals surface area (Å²) in [6.45, 7) is 1.46. The van der Waals surface area contributed by atoms with Crippen LogP contribution in [0.5, 0.6) is 0 Å². The van der Waals surface area contributed by atoms with Gasteiger partial charge in [-0.2, -0.15) is 0 Å². The van der Waals surface area contributed by atoms with Gasteiger partial charge in [0.15, 0.2) is 5.13 Å². The summed E-state index contributed by atoms with van der Waals surface area (Å²) in [4.78, 5) is 28.7. The van der Waals surface area contributed by atoms with Crippen LogP contribution < -0.4 is 10.6 Å². The number of hydrogen-bond donors (Lipinski definition) is 2. The first-order chi connectivity index (χ1) is 14.1. The highest BCUT2D eigenvalue weighted by Gasteiger charge is 2.18. The Kier molecular flexibility index (Phi) is 5.71. The van der Waals surface area contributed by atoms with Crippen molar-refractivity contribution in [3.63, 3.8) is 0 Å². The van der Waals surface area contributed by atoms with E-state index in [9.17, 15) is 9.59 Å². The molecule has 2 N–H and O–H groups in total. The van der Waals surface area contributed by atoms with Crippen LogP contribution in [0, 0.1) is 0 Å². The van der Waals surface area contributed by atoms with Crippen molar-refractivity contribution >= 4 is 28.3 Å². The maximum atomic E-state index is 12.6. The Morgan fingerprint density at radius 3 is 2.69 bits per heavy atom. The van der Waals surface area contributed by atoms with Gasteiger partial charge in [0.2, 0.25) is 11.8 Å². The first kappa shape index (κ1) is 19.3. The number of aromatic nitrogens is 1. The SMILES string of the molecule is CC(=O)NC(CC(=O)Nc1nc(-c2ccc3c(c2)CCC3)cs1)c1ccccc1. The maximum Gasteiger partial charge on any atom is 0.228 e. The van der Waals surface area contributed by atoms with Gasteiger partial charge in [-0.25, -0.2) is 4.98 Å². The van der Waals surface area contributed by atoms with Crippen molar-refractivity contribution in [3.8, 4) is 11.3 Å². The van der Waals surface area contributed by atoms with Crippen LogP contribution in [0.25, 0.3) is 11.3 Å². The molecule has 29 heavy (non-hydrogen) atoms. The lowest BCUT2D eigenvalue weighted by Crippen LogP contribution is -2.29. The molecule has 148 valence electrons. The molecule has 0 spiro atoms. The second-order valence-corrected chi connectivity index (χ2v) is 8.15. The van der Waals surface area contributed by atoms with Gasteiger partial charge in [0, 0.05) is 17.9 Å². The van der Waals surface area contributed by atoms with E-state index >= 15 is 0 Å². The normalized spacial score (nSPS) is 13.6. The Hall–Kier alpha value is -2.99. The molecule has 0 saturated heterocycles. The number of amides is 2. The van der Waals surface area contributed by atoms with Crippen molar-refractivity contribution < 1.29 is 9.59 Å². The fourth-order valence-electron chi connectivity index (χ4n) is 3.73. The summed E-state index contributed by atoms with van der Waals surface area (Å²) in [5.41, 5.74) is 5.70. The van der Waals surface area contributed by atoms with Gasteiger partial charge in [0.05, 0.1) is 18.2 Å². The van der Waals surface area contributed by atoms with E-state index in [1.165, 1.54) is 35.8 Å². The molecule has 1 aliphatic rings. The number of nitrogens with zero attached hydrogens (tertiary/aromatic N) is 1. The minimum Gasteiger partial charge on any atom is -0.349 e. The van der Waals surface area contributed by atoms with Crippen LogP contribution in [-0.2, 0) is 22.4 Å². The van der Waals surface area contributed by atoms with Gasteiger partial charge in [-0.05, 0) is 42.0 Å². The third-order valence-corrected chi connectivity index (χ3v) is 5.87. The Bertz CT molecular complexity index is 1030. The van der Waals surface area contributed by atoms with Gasteiger partial charge in [-0.3, -0.25) is 9.59 Å². The number of nitrogens with one attached hydrogen (secondary N) is 2. The number of carbonyl (C=O) groups excluding carboxylic acids is 2. The lowest BCUT2D eigenvalue weighted by Gasteiger charge is -2.17. The van der Waals surface area contributed by atoms with E-state index in [4.69, 9.17) is 0 Å². The largest absolute Gasteiger partial charge is 0.349 e. The van der Waals surface area contributed by atoms with Crippen molar-refractivity contribution in [1.82, 2.24) is 10.3 Å². The standard InChI is InChI=1S/C23H23N3O2S/c1-15(27)24-20(17-6-3-2-4-7-17)13-22(28)26-23-25-21(14-29-23)19-11-10-16-8-5-9-18(16)12-19/h2-4,6-7,10-12,14,20H,5,8-9,13H2,1H3,(H,24,27)(H,25,26,28). The van der Waals surface area contributed by atoms with Crippen molar-refractivity contribution in [3.05, 3.63) is 70.6 Å². The monoisotopic (exact) mass is 405 g/mol. The highest BCUT2D eigenvalue weighted by Crippen LogP contribution is 2.30. The number of thiazole rings is 1. The Labute approximate surface area is 174 Å². The Morgan fingerprint density at radius 2 is 1.90 bits per heavy atom. The van der Waals surface area contributed by atoms with E-state index in [1.807, 2.05) is 35.7 Å². The molecule has 2 amide bonds. The summed E-state index contributed by atoms with van der Waals surface area (Å²) in [5.74, 6) is -0.345. The van der Waals surface area contributed by atoms with E-state index < -0.39 is 0 Å². The Morgan fingerprint density at radius 1 is 1.10 bits per heavy atom. The van der Waals surface area contributed by atoms with Crippen LogP contribution in [0.15, 0.2) is 53.9 Å². The molecule has 1 heterocycles. The second kappa shape index (κ2) is 8.57. The summed E-state index contributed by atoms with van der Waals surface area (Å²) in [6.07, 6.45) is 3.65. The van der Waals surface area contributed by atoms with Gasteiger partial charge in [-0.15, -0.1) is 11.3 Å². The third-order valence-electron chi connectivity index (χ3n) is 5.11. The average molecular weight is 406 g/mol. The van der Waals surface area contributed by atoms with Gasteiger partial charge in [0.1, 0.15) is 0 Å². The number of carbonyl (C=O) groups is 2. The van der Waals surface area contributed by atoms with Gasteiger partial charge >= 0.3 is 0 Å². The summed E-state index contributed by atoms with van der Waals surface area (Å²) < 4.78 is 0. The van der Waals surface area contributed by atoms with Crippen LogP contribution in [-0.4, -0.2) is 16.8 Å². The highest BCUT2D eigenvalue weighted by atomic mass is 32.1. The molecule has 0 saturated carbocycles. The van der Waals surface area contributed by atoms with Gasteiger partial charge in [0.25, 0.3) is 0 Å². The van der Waals surface area contributed by atoms with Crippen LogP contribution >= 0.6 is 11.3 Å². The molecule has 0 fully saturated rings. The molecule has 4 rings (SSSR count). The molecule has 1 unspecified atom stereocenters. The second-order valence-electron chi connectivity index (χ2n) is 7.29. The molecule has 2 aromatic carbocycles. The highest BCUT2D eigenvalue weighted by molar-refractivity contribution is 7.14. The topological polar surface area (TPSA) is 71.1 Å². The first-order valence-corrected chi connectivity index (χ1v) is 10.7. The number of aryl methyl sites for hydroxylation is 2. The predicted octanol–water partition coefficient (Wildman–Crippen LogP) is 4.50. The zero-order valence-electron chi connectivity index (χ0n) is 16.3. The lowest BCUT2D eigenvalue weighted by molar-refractivity contribution is -0.120. The molecule has 6 heteroatoms. The first-order valence-electron chi connectivity index (χ1n) is 9.78. The fourth-order valence-corrected chi connectivity index (χ4v) is 4.47. The maximum absolute atomic E-state index is 12.6. The van der Waals surface area contributed by atoms with Crippen LogP contribution in [0.4, 0.5) is 5.13 Å². The average Bonchev–Trinajstić information content (AvgIpc) is 3.36. The molecule has 5 nitrogen and oxygen atoms in total. The van der Waals surface area contributed by atoms with Gasteiger partial charge < -0.3 is 10.6 Å². The molecule has 0 bridgehead atoms. The van der Waals surface area contributed by atoms with E-state index in [0.29, 0.717) is 5.13 Å². The zero-order valence-corrected chi connectivity index (χ0v) is 17.1. The van der Waals surface area contributed by atoms with E-state index in [2.05, 4.69) is 33.8 Å². The predicted molar refractivity (Wildman–Crippen MR) is 116 cm³/mol. The minimum atomic E-state index is -0.371. The number of fused-ring (bicyclic) bond motifs is 1. The molecular formula is C23H23N3O2S. The summed E-state index contributed by atoms with van der Waals surface area (Å²) in [7, 11) is 0. The Balaban J connectivity index is 1.44. The third kappa shape index (κ3) is 4.71. The zero-order chi connectivity index (χ0) is 20.2. The molecule has 3 aromatic rings. The van der Waals surface area contributed by atoms with Crippen LogP contribution in [0.3, 0.4) is 0 Å². The quantitative estimate of drug-likeness (QED) is 0.634. The molecule has 1 atom stereocenters. The number of benzene rings is 2. The van der Waals surface area contributed by atoms with Crippen LogP contribution in [0.2, 0.25) is 0 Å². The fraction of sp³-hybridized carbons (Fsp3) is 0.261. The molecule has 1 aromatic heterocycles. The summed E-state index contributed by atoms with van der Waals surface area (Å²) >= 11 is 1.41. The number of anilines is 1. The van der Waals surface area contributed by atoms with E-state index in [1.54, 1.807) is 0 Å². The summed E-state index contributed by atoms with van der Waals surface area (Å²) in [6, 6.07) is 15.6. The summed E-state index contributed by atoms with van der Waals surface area (Å²) in [5, 5.41) is 8.26. The smallest absolute Gasteiger partial charge is 0.228 e. The lowest BCUT2D eigenvalue weighted by atomic mass is 10.0.